The quantitative estimate of drug-likeness (QED) is 0.191. The maximum absolute atomic E-state index is 5.08. The van der Waals surface area contributed by atoms with Gasteiger partial charge < -0.3 is 0 Å². The molecule has 0 bridgehead atoms. The number of benzene rings is 3. The predicted molar refractivity (Wildman–Crippen MR) is 137 cm³/mol. The van der Waals surface area contributed by atoms with Crippen molar-refractivity contribution in [3.05, 3.63) is 109 Å². The van der Waals surface area contributed by atoms with Crippen LogP contribution in [-0.2, 0) is 27.5 Å². The molecule has 0 atom stereocenters. The summed E-state index contributed by atoms with van der Waals surface area (Å²) < 4.78 is 0. The normalized spacial score (nSPS) is 11.3. The SMILES string of the molecule is CC(C)(C)Cc1cc(-c2[c-]cccc2)nc(-c2cccc3ccc(-c4[c-]cccc4)nc23)c1.[Pt+2]. The number of hydrogen-bond donors (Lipinski definition) is 0. The largest absolute Gasteiger partial charge is 2.00 e. The van der Waals surface area contributed by atoms with E-state index in [2.05, 4.69) is 81.4 Å². The van der Waals surface area contributed by atoms with Crippen molar-refractivity contribution in [1.82, 2.24) is 9.97 Å². The molecular formula is C31H26N2Pt. The van der Waals surface area contributed by atoms with Crippen molar-refractivity contribution in [3.63, 3.8) is 0 Å². The minimum absolute atomic E-state index is 0. The number of hydrogen-bond acceptors (Lipinski definition) is 2. The zero-order valence-corrected chi connectivity index (χ0v) is 21.9. The van der Waals surface area contributed by atoms with Crippen LogP contribution in [0.3, 0.4) is 0 Å². The van der Waals surface area contributed by atoms with E-state index in [-0.39, 0.29) is 26.5 Å². The first kappa shape index (κ1) is 24.0. The molecule has 0 aliphatic heterocycles. The first-order valence-corrected chi connectivity index (χ1v) is 11.3. The second-order valence-electron chi connectivity index (χ2n) is 9.61. The molecule has 3 heteroatoms. The van der Waals surface area contributed by atoms with Crippen LogP contribution in [0.2, 0.25) is 0 Å². The first-order valence-electron chi connectivity index (χ1n) is 11.3. The van der Waals surface area contributed by atoms with Gasteiger partial charge in [0.25, 0.3) is 0 Å². The van der Waals surface area contributed by atoms with Gasteiger partial charge in [-0.1, -0.05) is 62.7 Å². The van der Waals surface area contributed by atoms with Gasteiger partial charge in [0.15, 0.2) is 0 Å². The molecule has 0 amide bonds. The Kier molecular flexibility index (Phi) is 7.10. The van der Waals surface area contributed by atoms with E-state index in [4.69, 9.17) is 9.97 Å². The van der Waals surface area contributed by atoms with E-state index in [0.29, 0.717) is 0 Å². The third-order valence-corrected chi connectivity index (χ3v) is 5.59. The molecule has 0 saturated carbocycles. The van der Waals surface area contributed by atoms with Crippen LogP contribution in [0.4, 0.5) is 0 Å². The summed E-state index contributed by atoms with van der Waals surface area (Å²) in [5.74, 6) is 0. The third-order valence-electron chi connectivity index (χ3n) is 5.59. The molecule has 5 aromatic rings. The van der Waals surface area contributed by atoms with Crippen molar-refractivity contribution in [2.75, 3.05) is 0 Å². The predicted octanol–water partition coefficient (Wildman–Crippen LogP) is 7.82. The number of pyridine rings is 2. The molecule has 170 valence electrons. The summed E-state index contributed by atoms with van der Waals surface area (Å²) in [6, 6.07) is 37.5. The summed E-state index contributed by atoms with van der Waals surface area (Å²) in [7, 11) is 0. The van der Waals surface area contributed by atoms with E-state index in [1.807, 2.05) is 42.5 Å². The van der Waals surface area contributed by atoms with Crippen molar-refractivity contribution in [1.29, 1.82) is 0 Å². The molecule has 0 fully saturated rings. The molecule has 3 aromatic carbocycles. The number of aromatic nitrogens is 2. The van der Waals surface area contributed by atoms with E-state index < -0.39 is 0 Å². The summed E-state index contributed by atoms with van der Waals surface area (Å²) in [5.41, 5.74) is 8.22. The summed E-state index contributed by atoms with van der Waals surface area (Å²) in [5, 5.41) is 1.10. The van der Waals surface area contributed by atoms with E-state index in [1.165, 1.54) is 5.56 Å². The second kappa shape index (κ2) is 10.0. The molecule has 2 nitrogen and oxygen atoms in total. The molecule has 2 aromatic heterocycles. The van der Waals surface area contributed by atoms with Crippen LogP contribution < -0.4 is 0 Å². The number of nitrogens with zero attached hydrogens (tertiary/aromatic N) is 2. The molecule has 0 radical (unpaired) electrons. The van der Waals surface area contributed by atoms with Gasteiger partial charge in [-0.05, 0) is 34.7 Å². The summed E-state index contributed by atoms with van der Waals surface area (Å²) in [6.45, 7) is 6.80. The van der Waals surface area contributed by atoms with Crippen molar-refractivity contribution in [3.8, 4) is 33.8 Å². The Balaban J connectivity index is 0.00000274. The Morgan fingerprint density at radius 1 is 0.676 bits per heavy atom. The van der Waals surface area contributed by atoms with Gasteiger partial charge in [0.05, 0.1) is 11.2 Å². The van der Waals surface area contributed by atoms with Gasteiger partial charge in [-0.15, -0.1) is 71.8 Å². The van der Waals surface area contributed by atoms with Gasteiger partial charge in [-0.2, -0.15) is 0 Å². The Morgan fingerprint density at radius 3 is 2.00 bits per heavy atom. The van der Waals surface area contributed by atoms with Crippen LogP contribution in [0.1, 0.15) is 26.3 Å². The fourth-order valence-electron chi connectivity index (χ4n) is 4.19. The summed E-state index contributed by atoms with van der Waals surface area (Å²) >= 11 is 0. The van der Waals surface area contributed by atoms with E-state index in [9.17, 15) is 0 Å². The molecule has 0 N–H and O–H groups in total. The zero-order chi connectivity index (χ0) is 22.8. The van der Waals surface area contributed by atoms with Crippen LogP contribution in [0.5, 0.6) is 0 Å². The van der Waals surface area contributed by atoms with Gasteiger partial charge >= 0.3 is 21.1 Å². The van der Waals surface area contributed by atoms with Gasteiger partial charge in [0.1, 0.15) is 0 Å². The molecule has 2 heterocycles. The van der Waals surface area contributed by atoms with Crippen LogP contribution in [-0.4, -0.2) is 9.97 Å². The van der Waals surface area contributed by atoms with Crippen molar-refractivity contribution < 1.29 is 21.1 Å². The average Bonchev–Trinajstić information content (AvgIpc) is 2.83. The van der Waals surface area contributed by atoms with Gasteiger partial charge in [0, 0.05) is 5.56 Å². The monoisotopic (exact) mass is 621 g/mol. The molecule has 0 aliphatic rings. The smallest absolute Gasteiger partial charge is 0.296 e. The fraction of sp³-hybridized carbons (Fsp3) is 0.161. The molecule has 0 unspecified atom stereocenters. The number of para-hydroxylation sites is 1. The summed E-state index contributed by atoms with van der Waals surface area (Å²) in [6.07, 6.45) is 0.963. The van der Waals surface area contributed by atoms with E-state index >= 15 is 0 Å². The Bertz CT molecular complexity index is 1400. The maximum atomic E-state index is 5.08. The Labute approximate surface area is 216 Å². The Morgan fingerprint density at radius 2 is 1.35 bits per heavy atom. The average molecular weight is 622 g/mol. The zero-order valence-electron chi connectivity index (χ0n) is 19.6. The van der Waals surface area contributed by atoms with Gasteiger partial charge in [-0.3, -0.25) is 9.97 Å². The van der Waals surface area contributed by atoms with Crippen LogP contribution >= 0.6 is 0 Å². The topological polar surface area (TPSA) is 25.8 Å². The fourth-order valence-corrected chi connectivity index (χ4v) is 4.19. The van der Waals surface area contributed by atoms with Crippen molar-refractivity contribution in [2.45, 2.75) is 27.2 Å². The van der Waals surface area contributed by atoms with Crippen LogP contribution in [0.25, 0.3) is 44.7 Å². The number of rotatable bonds is 4. The molecule has 5 rings (SSSR count). The van der Waals surface area contributed by atoms with E-state index in [1.54, 1.807) is 0 Å². The Hall–Kier alpha value is -3.09. The molecule has 0 spiro atoms. The number of fused-ring (bicyclic) bond motifs is 1. The minimum Gasteiger partial charge on any atom is -0.296 e. The first-order chi connectivity index (χ1) is 16.0. The minimum atomic E-state index is 0. The maximum Gasteiger partial charge on any atom is 2.00 e. The second-order valence-corrected chi connectivity index (χ2v) is 9.61. The van der Waals surface area contributed by atoms with Gasteiger partial charge in [0.2, 0.25) is 0 Å². The third kappa shape index (κ3) is 5.34. The van der Waals surface area contributed by atoms with Crippen molar-refractivity contribution in [2.24, 2.45) is 5.41 Å². The van der Waals surface area contributed by atoms with E-state index in [0.717, 1.165) is 51.1 Å². The molecule has 34 heavy (non-hydrogen) atoms. The molecule has 0 saturated heterocycles. The van der Waals surface area contributed by atoms with Gasteiger partial charge in [-0.25, -0.2) is 0 Å². The summed E-state index contributed by atoms with van der Waals surface area (Å²) in [4.78, 5) is 10.1. The van der Waals surface area contributed by atoms with Crippen LogP contribution in [0.15, 0.2) is 91.0 Å². The van der Waals surface area contributed by atoms with Crippen molar-refractivity contribution >= 4 is 10.9 Å². The van der Waals surface area contributed by atoms with Crippen LogP contribution in [0, 0.1) is 17.5 Å². The standard InChI is InChI=1S/C31H26N2.Pt/c1-31(2,3)21-22-19-28(24-13-8-5-9-14-24)32-29(20-22)26-16-10-15-25-17-18-27(33-30(25)26)23-11-6-4-7-12-23;/h4-11,13,15-20H,21H2,1-3H3;/q-2;+2. The molecule has 0 aliphatic carbocycles. The molecular weight excluding hydrogens is 595 g/mol.